The van der Waals surface area contributed by atoms with Crippen molar-refractivity contribution in [2.75, 3.05) is 13.3 Å². The lowest BCUT2D eigenvalue weighted by Gasteiger charge is -2.15. The lowest BCUT2D eigenvalue weighted by atomic mass is 10.2. The Bertz CT molecular complexity index is 431. The first-order chi connectivity index (χ1) is 8.23. The number of carbonyl (C=O) groups is 1. The van der Waals surface area contributed by atoms with E-state index in [4.69, 9.17) is 0 Å². The van der Waals surface area contributed by atoms with E-state index in [2.05, 4.69) is 4.74 Å². The lowest BCUT2D eigenvalue weighted by Crippen LogP contribution is -2.21. The molecule has 1 unspecified atom stereocenters. The van der Waals surface area contributed by atoms with Crippen LogP contribution in [0.15, 0.2) is 24.3 Å². The molecule has 18 heavy (non-hydrogen) atoms. The quantitative estimate of drug-likeness (QED) is 0.366. The maximum absolute atomic E-state index is 13.3. The lowest BCUT2D eigenvalue weighted by molar-refractivity contribution is -0.143. The van der Waals surface area contributed by atoms with E-state index in [0.29, 0.717) is 0 Å². The average molecular weight is 282 g/mol. The largest absolute Gasteiger partial charge is 0.423 e. The Morgan fingerprint density at radius 3 is 2.33 bits per heavy atom. The Hall–Kier alpha value is -1.16. The molecule has 0 aliphatic rings. The van der Waals surface area contributed by atoms with E-state index < -0.39 is 37.3 Å². The third kappa shape index (κ3) is 3.67. The molecule has 0 fully saturated rings. The molecule has 0 N–H and O–H groups in total. The summed E-state index contributed by atoms with van der Waals surface area (Å²) in [5, 5.41) is 0. The summed E-state index contributed by atoms with van der Waals surface area (Å²) in [7, 11) is -1.26. The van der Waals surface area contributed by atoms with Crippen LogP contribution in [0, 0.1) is 0 Å². The number of carbonyl (C=O) groups excluding carboxylic acids is 1. The van der Waals surface area contributed by atoms with Gasteiger partial charge in [0.05, 0.1) is 5.56 Å². The van der Waals surface area contributed by atoms with Crippen molar-refractivity contribution in [2.45, 2.75) is 12.1 Å². The maximum atomic E-state index is 13.3. The number of esters is 1. The maximum Gasteiger partial charge on any atom is 0.419 e. The van der Waals surface area contributed by atoms with E-state index in [9.17, 15) is 22.4 Å². The fourth-order valence-electron chi connectivity index (χ4n) is 1.16. The molecule has 0 bridgehead atoms. The van der Waals surface area contributed by atoms with Crippen LogP contribution in [0.5, 0.6) is 5.75 Å². The van der Waals surface area contributed by atoms with Gasteiger partial charge in [-0.1, -0.05) is 20.1 Å². The number of ether oxygens (including phenoxy) is 1. The van der Waals surface area contributed by atoms with Crippen LogP contribution < -0.4 is 4.74 Å². The molecule has 2 nitrogen and oxygen atoms in total. The first-order valence-electron chi connectivity index (χ1n) is 4.92. The van der Waals surface area contributed by atoms with Gasteiger partial charge in [-0.3, -0.25) is 0 Å². The molecule has 0 radical (unpaired) electrons. The minimum Gasteiger partial charge on any atom is -0.423 e. The number of benzene rings is 1. The number of halogens is 4. The Kier molecular flexibility index (Phi) is 4.68. The zero-order valence-electron chi connectivity index (χ0n) is 9.66. The van der Waals surface area contributed by atoms with Gasteiger partial charge in [-0.15, -0.1) is 0 Å². The molecule has 0 saturated heterocycles. The number of para-hydroxylation sites is 1. The van der Waals surface area contributed by atoms with Gasteiger partial charge in [-0.05, 0) is 25.5 Å². The highest BCUT2D eigenvalue weighted by atomic mass is 31.1. The van der Waals surface area contributed by atoms with Crippen molar-refractivity contribution in [1.29, 1.82) is 0 Å². The number of alkyl halides is 4. The topological polar surface area (TPSA) is 26.3 Å². The molecular weight excluding hydrogens is 271 g/mol. The fourth-order valence-corrected chi connectivity index (χ4v) is 1.63. The van der Waals surface area contributed by atoms with Gasteiger partial charge in [0.2, 0.25) is 5.91 Å². The Morgan fingerprint density at radius 2 is 1.83 bits per heavy atom. The van der Waals surface area contributed by atoms with Gasteiger partial charge in [0.15, 0.2) is 0 Å². The van der Waals surface area contributed by atoms with Crippen LogP contribution in [-0.4, -0.2) is 25.2 Å². The van der Waals surface area contributed by atoms with Crippen LogP contribution in [-0.2, 0) is 11.0 Å². The number of hydrogen-bond acceptors (Lipinski definition) is 2. The van der Waals surface area contributed by atoms with Crippen molar-refractivity contribution < 1.29 is 27.1 Å². The van der Waals surface area contributed by atoms with Crippen LogP contribution >= 0.6 is 7.92 Å². The Labute approximate surface area is 103 Å². The van der Waals surface area contributed by atoms with Crippen LogP contribution in [0.2, 0.25) is 0 Å². The zero-order valence-corrected chi connectivity index (χ0v) is 10.6. The summed E-state index contributed by atoms with van der Waals surface area (Å²) in [4.78, 5) is 11.3. The molecule has 1 aromatic rings. The van der Waals surface area contributed by atoms with Crippen LogP contribution in [0.4, 0.5) is 17.6 Å². The summed E-state index contributed by atoms with van der Waals surface area (Å²) in [5.41, 5.74) is -1.10. The molecule has 1 atom stereocenters. The highest BCUT2D eigenvalue weighted by Crippen LogP contribution is 2.38. The van der Waals surface area contributed by atoms with E-state index in [-0.39, 0.29) is 0 Å². The third-order valence-electron chi connectivity index (χ3n) is 2.05. The molecule has 0 aliphatic heterocycles. The Morgan fingerprint density at radius 1 is 1.28 bits per heavy atom. The van der Waals surface area contributed by atoms with Crippen molar-refractivity contribution in [3.8, 4) is 5.75 Å². The smallest absolute Gasteiger partial charge is 0.419 e. The molecule has 0 heterocycles. The summed E-state index contributed by atoms with van der Waals surface area (Å²) in [6.07, 6.45) is -4.65. The summed E-state index contributed by atoms with van der Waals surface area (Å²) >= 11 is 0. The molecule has 0 aliphatic carbocycles. The highest BCUT2D eigenvalue weighted by molar-refractivity contribution is 7.57. The standard InChI is InChI=1S/C11H11F4O2P/c1-18(2)9(12)10(16)17-8-6-4-3-5-7(8)11(13,14)15/h3-6,9H,1-2H3. The zero-order chi connectivity index (χ0) is 13.9. The molecule has 100 valence electrons. The summed E-state index contributed by atoms with van der Waals surface area (Å²) in [5.74, 6) is -3.85. The molecule has 0 aromatic heterocycles. The number of rotatable bonds is 3. The van der Waals surface area contributed by atoms with Crippen LogP contribution in [0.25, 0.3) is 0 Å². The van der Waals surface area contributed by atoms with Crippen molar-refractivity contribution in [2.24, 2.45) is 0 Å². The minimum absolute atomic E-state index is 0.672. The normalized spacial score (nSPS) is 13.5. The van der Waals surface area contributed by atoms with Gasteiger partial charge in [0.25, 0.3) is 0 Å². The van der Waals surface area contributed by atoms with E-state index in [1.807, 2.05) is 0 Å². The van der Waals surface area contributed by atoms with Gasteiger partial charge in [-0.2, -0.15) is 13.2 Å². The van der Waals surface area contributed by atoms with Gasteiger partial charge >= 0.3 is 12.1 Å². The van der Waals surface area contributed by atoms with Gasteiger partial charge in [0, 0.05) is 0 Å². The van der Waals surface area contributed by atoms with Crippen LogP contribution in [0.1, 0.15) is 5.56 Å². The van der Waals surface area contributed by atoms with Crippen molar-refractivity contribution in [3.05, 3.63) is 29.8 Å². The SMILES string of the molecule is CP(C)C(F)C(=O)Oc1ccccc1C(F)(F)F. The first kappa shape index (κ1) is 14.9. The second kappa shape index (κ2) is 5.65. The van der Waals surface area contributed by atoms with Gasteiger partial charge in [-0.25, -0.2) is 9.18 Å². The van der Waals surface area contributed by atoms with Crippen molar-refractivity contribution >= 4 is 13.9 Å². The number of hydrogen-bond donors (Lipinski definition) is 0. The van der Waals surface area contributed by atoms with Gasteiger partial charge < -0.3 is 4.74 Å². The van der Waals surface area contributed by atoms with Crippen molar-refractivity contribution in [1.82, 2.24) is 0 Å². The van der Waals surface area contributed by atoms with E-state index in [1.54, 1.807) is 0 Å². The molecule has 1 rings (SSSR count). The first-order valence-corrected chi connectivity index (χ1v) is 7.22. The third-order valence-corrected chi connectivity index (χ3v) is 3.17. The second-order valence-corrected chi connectivity index (χ2v) is 6.10. The molecule has 0 saturated carbocycles. The molecule has 1 aromatic carbocycles. The van der Waals surface area contributed by atoms with E-state index in [1.165, 1.54) is 25.5 Å². The summed E-state index contributed by atoms with van der Waals surface area (Å²) in [6.45, 7) is 2.99. The minimum atomic E-state index is -4.65. The summed E-state index contributed by atoms with van der Waals surface area (Å²) < 4.78 is 55.5. The van der Waals surface area contributed by atoms with Crippen molar-refractivity contribution in [3.63, 3.8) is 0 Å². The molecular formula is C11H11F4O2P. The van der Waals surface area contributed by atoms with E-state index in [0.717, 1.165) is 12.1 Å². The summed E-state index contributed by atoms with van der Waals surface area (Å²) in [6, 6.07) is 4.21. The second-order valence-electron chi connectivity index (χ2n) is 3.71. The predicted molar refractivity (Wildman–Crippen MR) is 60.7 cm³/mol. The highest BCUT2D eigenvalue weighted by Gasteiger charge is 2.35. The Balaban J connectivity index is 2.95. The monoisotopic (exact) mass is 282 g/mol. The molecule has 0 amide bonds. The fraction of sp³-hybridized carbons (Fsp3) is 0.364. The van der Waals surface area contributed by atoms with E-state index >= 15 is 0 Å². The predicted octanol–water partition coefficient (Wildman–Crippen LogP) is 3.65. The molecule has 7 heteroatoms. The van der Waals surface area contributed by atoms with Crippen LogP contribution in [0.3, 0.4) is 0 Å². The van der Waals surface area contributed by atoms with Gasteiger partial charge in [0.1, 0.15) is 5.75 Å². The molecule has 0 spiro atoms. The average Bonchev–Trinajstić information content (AvgIpc) is 2.27.